The fraction of sp³-hybridized carbons (Fsp3) is 0.333. The number of pyridine rings is 1. The van der Waals surface area contributed by atoms with Crippen molar-refractivity contribution < 1.29 is 14.6 Å². The maximum absolute atomic E-state index is 10.4. The number of aliphatic hydroxyl groups is 1. The van der Waals surface area contributed by atoms with Gasteiger partial charge in [0.05, 0.1) is 24.8 Å². The van der Waals surface area contributed by atoms with Gasteiger partial charge in [0.25, 0.3) is 0 Å². The summed E-state index contributed by atoms with van der Waals surface area (Å²) in [6.07, 6.45) is 14.2. The van der Waals surface area contributed by atoms with E-state index in [0.29, 0.717) is 24.8 Å². The average Bonchev–Trinajstić information content (AvgIpc) is 3.06. The highest BCUT2D eigenvalue weighted by Gasteiger charge is 2.24. The zero-order valence-corrected chi connectivity index (χ0v) is 28.1. The van der Waals surface area contributed by atoms with E-state index in [1.54, 1.807) is 7.11 Å². The summed E-state index contributed by atoms with van der Waals surface area (Å²) < 4.78 is 11.2. The van der Waals surface area contributed by atoms with Gasteiger partial charge in [-0.15, -0.1) is 0 Å². The van der Waals surface area contributed by atoms with Crippen LogP contribution in [0.4, 0.5) is 5.69 Å². The van der Waals surface area contributed by atoms with Gasteiger partial charge in [-0.3, -0.25) is 4.98 Å². The molecule has 1 fully saturated rings. The van der Waals surface area contributed by atoms with Gasteiger partial charge < -0.3 is 25.2 Å². The van der Waals surface area contributed by atoms with Crippen molar-refractivity contribution in [2.75, 3.05) is 32.2 Å². The maximum atomic E-state index is 10.4. The summed E-state index contributed by atoms with van der Waals surface area (Å²) in [4.78, 5) is 9.64. The first-order valence-corrected chi connectivity index (χ1v) is 16.8. The number of aliphatic imine (C=N–C) groups is 1. The van der Waals surface area contributed by atoms with Crippen LogP contribution in [0.2, 0.25) is 5.02 Å². The number of ether oxygens (including phenoxy) is 2. The molecule has 1 aliphatic carbocycles. The van der Waals surface area contributed by atoms with Crippen molar-refractivity contribution in [3.8, 4) is 11.1 Å². The summed E-state index contributed by atoms with van der Waals surface area (Å²) in [5, 5.41) is 20.1. The van der Waals surface area contributed by atoms with E-state index in [1.165, 1.54) is 0 Å². The standard InChI is InChI=1S/C39H43ClN4O3/c1-25-9-4-11-28-12-8-21-41-38(28)39(43-25)44-33-16-7-13-30(26(33)2)32-15-6-14-31(37(32)40)27-10-5-17-36(46-3)29(19-18-27)23-42-34-20-22-47-24-35(34)45/h6-8,10-16,18-19,21,34-35,42,44-45H,4-5,9,17,20,22-24H2,1-3H3/b19-18-,27-10+,28-11-,36-29?,39-38?,43-25?/t34-,35+/m1/s1. The fourth-order valence-electron chi connectivity index (χ4n) is 6.42. The fourth-order valence-corrected chi connectivity index (χ4v) is 6.76. The number of aromatic nitrogens is 1. The van der Waals surface area contributed by atoms with Gasteiger partial charge in [0, 0.05) is 59.9 Å². The van der Waals surface area contributed by atoms with E-state index in [0.717, 1.165) is 99.1 Å². The number of benzene rings is 2. The summed E-state index contributed by atoms with van der Waals surface area (Å²) in [7, 11) is 1.72. The van der Waals surface area contributed by atoms with Crippen LogP contribution >= 0.6 is 11.6 Å². The van der Waals surface area contributed by atoms with Crippen LogP contribution in [-0.2, 0) is 9.47 Å². The van der Waals surface area contributed by atoms with Crippen molar-refractivity contribution in [1.82, 2.24) is 10.3 Å². The summed E-state index contributed by atoms with van der Waals surface area (Å²) in [6, 6.07) is 16.5. The van der Waals surface area contributed by atoms with Gasteiger partial charge in [0.2, 0.25) is 0 Å². The Morgan fingerprint density at radius 1 is 0.979 bits per heavy atom. The van der Waals surface area contributed by atoms with Crippen molar-refractivity contribution in [1.29, 1.82) is 0 Å². The predicted molar refractivity (Wildman–Crippen MR) is 193 cm³/mol. The number of fused-ring (bicyclic) bond motifs is 1. The van der Waals surface area contributed by atoms with Crippen molar-refractivity contribution >= 4 is 40.5 Å². The predicted octanol–water partition coefficient (Wildman–Crippen LogP) is 6.30. The number of rotatable bonds is 8. The molecule has 0 spiro atoms. The summed E-state index contributed by atoms with van der Waals surface area (Å²) in [5.74, 6) is 1.70. The number of methoxy groups -OCH3 is 1. The molecule has 3 aliphatic rings. The van der Waals surface area contributed by atoms with Crippen LogP contribution in [0.25, 0.3) is 28.6 Å². The first kappa shape index (κ1) is 32.9. The van der Waals surface area contributed by atoms with E-state index in [4.69, 9.17) is 26.1 Å². The highest BCUT2D eigenvalue weighted by atomic mass is 35.5. The number of hydrogen-bond donors (Lipinski definition) is 3. The molecule has 47 heavy (non-hydrogen) atoms. The molecule has 0 bridgehead atoms. The van der Waals surface area contributed by atoms with Gasteiger partial charge in [-0.05, 0) is 73.6 Å². The molecule has 1 aromatic heterocycles. The number of aliphatic hydroxyl groups excluding tert-OH is 1. The van der Waals surface area contributed by atoms with Gasteiger partial charge in [0.15, 0.2) is 5.82 Å². The Kier molecular flexibility index (Phi) is 10.7. The van der Waals surface area contributed by atoms with Gasteiger partial charge in [-0.1, -0.05) is 72.3 Å². The zero-order valence-electron chi connectivity index (χ0n) is 27.4. The normalized spacial score (nSPS) is 22.7. The Balaban J connectivity index is 1.30. The Labute approximate surface area is 282 Å². The van der Waals surface area contributed by atoms with Crippen LogP contribution in [-0.4, -0.2) is 54.8 Å². The van der Waals surface area contributed by atoms with E-state index < -0.39 is 6.10 Å². The first-order chi connectivity index (χ1) is 22.9. The molecule has 0 radical (unpaired) electrons. The van der Waals surface area contributed by atoms with Crippen molar-refractivity contribution in [2.24, 2.45) is 4.99 Å². The van der Waals surface area contributed by atoms with Crippen molar-refractivity contribution in [3.05, 3.63) is 111 Å². The van der Waals surface area contributed by atoms with Crippen molar-refractivity contribution in [3.63, 3.8) is 0 Å². The van der Waals surface area contributed by atoms with Crippen LogP contribution in [0.5, 0.6) is 0 Å². The molecule has 2 aromatic carbocycles. The molecule has 8 heteroatoms. The molecule has 244 valence electrons. The lowest BCUT2D eigenvalue weighted by atomic mass is 9.93. The number of nitrogens with one attached hydrogen (secondary N) is 2. The molecule has 3 heterocycles. The Bertz CT molecular complexity index is 1880. The number of anilines is 1. The van der Waals surface area contributed by atoms with Gasteiger partial charge in [-0.25, -0.2) is 4.99 Å². The zero-order chi connectivity index (χ0) is 32.8. The molecule has 6 rings (SSSR count). The monoisotopic (exact) mass is 650 g/mol. The number of halogens is 1. The highest BCUT2D eigenvalue weighted by Crippen LogP contribution is 2.39. The van der Waals surface area contributed by atoms with E-state index in [1.807, 2.05) is 12.3 Å². The van der Waals surface area contributed by atoms with Crippen molar-refractivity contribution in [2.45, 2.75) is 58.1 Å². The average molecular weight is 651 g/mol. The number of hydrogen-bond acceptors (Lipinski definition) is 7. The third-order valence-corrected chi connectivity index (χ3v) is 9.52. The molecule has 3 aromatic rings. The van der Waals surface area contributed by atoms with Crippen LogP contribution in [0.15, 0.2) is 89.3 Å². The molecular formula is C39H43ClN4O3. The van der Waals surface area contributed by atoms with Crippen LogP contribution in [0.3, 0.4) is 0 Å². The second-order valence-corrected chi connectivity index (χ2v) is 12.6. The van der Waals surface area contributed by atoms with Gasteiger partial charge >= 0.3 is 0 Å². The minimum atomic E-state index is -0.514. The Hall–Kier alpha value is -4.01. The highest BCUT2D eigenvalue weighted by molar-refractivity contribution is 6.35. The second-order valence-electron chi connectivity index (χ2n) is 12.3. The number of nitrogens with zero attached hydrogens (tertiary/aromatic N) is 2. The van der Waals surface area contributed by atoms with Gasteiger partial charge in [-0.2, -0.15) is 0 Å². The van der Waals surface area contributed by atoms with E-state index >= 15 is 0 Å². The van der Waals surface area contributed by atoms with E-state index in [2.05, 4.69) is 96.2 Å². The Morgan fingerprint density at radius 3 is 2.64 bits per heavy atom. The smallest absolute Gasteiger partial charge is 0.156 e. The topological polar surface area (TPSA) is 88.0 Å². The molecule has 7 nitrogen and oxygen atoms in total. The molecule has 0 amide bonds. The first-order valence-electron chi connectivity index (χ1n) is 16.4. The lowest BCUT2D eigenvalue weighted by molar-refractivity contribution is -0.0269. The lowest BCUT2D eigenvalue weighted by Crippen LogP contribution is -2.47. The van der Waals surface area contributed by atoms with Crippen LogP contribution < -0.4 is 21.2 Å². The number of allylic oxidation sites excluding steroid dienone is 4. The molecule has 0 unspecified atom stereocenters. The molecule has 2 aliphatic heterocycles. The molecule has 0 saturated carbocycles. The van der Waals surface area contributed by atoms with Crippen LogP contribution in [0.1, 0.15) is 50.2 Å². The summed E-state index contributed by atoms with van der Waals surface area (Å²) in [5.41, 5.74) is 8.24. The third kappa shape index (κ3) is 7.60. The quantitative estimate of drug-likeness (QED) is 0.265. The van der Waals surface area contributed by atoms with Crippen LogP contribution in [0, 0.1) is 6.92 Å². The van der Waals surface area contributed by atoms with E-state index in [9.17, 15) is 5.11 Å². The summed E-state index contributed by atoms with van der Waals surface area (Å²) >= 11 is 7.26. The van der Waals surface area contributed by atoms with Gasteiger partial charge in [0.1, 0.15) is 11.1 Å². The Morgan fingerprint density at radius 2 is 1.79 bits per heavy atom. The molecular weight excluding hydrogens is 608 g/mol. The maximum Gasteiger partial charge on any atom is 0.156 e. The molecule has 3 N–H and O–H groups in total. The minimum absolute atomic E-state index is 0.00606. The third-order valence-electron chi connectivity index (χ3n) is 9.11. The minimum Gasteiger partial charge on any atom is -0.501 e. The largest absolute Gasteiger partial charge is 0.501 e. The summed E-state index contributed by atoms with van der Waals surface area (Å²) in [6.45, 7) is 5.80. The molecule has 1 saturated heterocycles. The second kappa shape index (κ2) is 15.3. The molecule has 2 atom stereocenters. The van der Waals surface area contributed by atoms with E-state index in [-0.39, 0.29) is 6.04 Å². The SMILES string of the molecule is COC1=C(CN[C@@H]2CCOC[C@@H]2O)/C=C\C(c2cccc(-c3cccc(NC4=c5nccc/c5=C/CCC(C)=N4)c3C)c2Cl)=C/CC1. The lowest BCUT2D eigenvalue weighted by Gasteiger charge is -2.29.